The monoisotopic (exact) mass is 322 g/mol. The summed E-state index contributed by atoms with van der Waals surface area (Å²) in [6.07, 6.45) is 3.23. The Hall–Kier alpha value is -2.13. The molecule has 0 saturated carbocycles. The Morgan fingerprint density at radius 3 is 2.75 bits per heavy atom. The van der Waals surface area contributed by atoms with Crippen molar-refractivity contribution in [3.05, 3.63) is 71.2 Å². The Labute approximate surface area is 142 Å². The number of hydrogen-bond donors (Lipinski definition) is 0. The zero-order valence-electron chi connectivity index (χ0n) is 14.1. The number of aromatic nitrogens is 1. The van der Waals surface area contributed by atoms with Gasteiger partial charge in [0, 0.05) is 42.7 Å². The molecule has 0 unspecified atom stereocenters. The molecule has 3 heteroatoms. The number of rotatable bonds is 4. The normalized spacial score (nSPS) is 14.9. The predicted octanol–water partition coefficient (Wildman–Crippen LogP) is 4.40. The van der Waals surface area contributed by atoms with Crippen molar-refractivity contribution in [3.63, 3.8) is 0 Å². The van der Waals surface area contributed by atoms with E-state index in [-0.39, 0.29) is 5.82 Å². The molecular weight excluding hydrogens is 299 g/mol. The molecule has 0 spiro atoms. The molecule has 124 valence electrons. The lowest BCUT2D eigenvalue weighted by Gasteiger charge is -2.24. The largest absolute Gasteiger partial charge is 0.344 e. The Morgan fingerprint density at radius 2 is 1.92 bits per heavy atom. The van der Waals surface area contributed by atoms with Crippen molar-refractivity contribution in [3.8, 4) is 0 Å². The topological polar surface area (TPSA) is 8.17 Å². The van der Waals surface area contributed by atoms with Gasteiger partial charge >= 0.3 is 0 Å². The maximum Gasteiger partial charge on any atom is 0.123 e. The summed E-state index contributed by atoms with van der Waals surface area (Å²) < 4.78 is 16.2. The Kier molecular flexibility index (Phi) is 4.11. The van der Waals surface area contributed by atoms with E-state index in [0.717, 1.165) is 44.3 Å². The molecule has 1 aliphatic heterocycles. The van der Waals surface area contributed by atoms with Crippen molar-refractivity contribution in [2.24, 2.45) is 0 Å². The van der Waals surface area contributed by atoms with Crippen LogP contribution in [0.25, 0.3) is 10.9 Å². The van der Waals surface area contributed by atoms with Gasteiger partial charge in [-0.15, -0.1) is 0 Å². The first-order valence-corrected chi connectivity index (χ1v) is 8.74. The molecule has 0 fully saturated rings. The van der Waals surface area contributed by atoms with Gasteiger partial charge in [-0.1, -0.05) is 30.3 Å². The number of nitrogens with zero attached hydrogens (tertiary/aromatic N) is 2. The lowest BCUT2D eigenvalue weighted by Crippen LogP contribution is -2.27. The molecule has 2 aromatic carbocycles. The van der Waals surface area contributed by atoms with Gasteiger partial charge in [-0.2, -0.15) is 0 Å². The van der Waals surface area contributed by atoms with Crippen LogP contribution < -0.4 is 0 Å². The van der Waals surface area contributed by atoms with Crippen LogP contribution in [0.3, 0.4) is 0 Å². The van der Waals surface area contributed by atoms with Gasteiger partial charge in [-0.3, -0.25) is 0 Å². The molecule has 3 aromatic rings. The van der Waals surface area contributed by atoms with E-state index in [1.807, 2.05) is 6.07 Å². The van der Waals surface area contributed by atoms with E-state index < -0.39 is 0 Å². The second-order valence-corrected chi connectivity index (χ2v) is 6.82. The molecule has 4 rings (SSSR count). The molecule has 0 atom stereocenters. The summed E-state index contributed by atoms with van der Waals surface area (Å²) in [7, 11) is 2.14. The summed E-state index contributed by atoms with van der Waals surface area (Å²) in [5, 5.41) is 1.09. The smallest absolute Gasteiger partial charge is 0.123 e. The summed E-state index contributed by atoms with van der Waals surface area (Å²) in [4.78, 5) is 2.32. The van der Waals surface area contributed by atoms with Gasteiger partial charge in [0.2, 0.25) is 0 Å². The summed E-state index contributed by atoms with van der Waals surface area (Å²) in [5.74, 6) is -0.139. The Balaban J connectivity index is 1.65. The number of hydrogen-bond acceptors (Lipinski definition) is 1. The highest BCUT2D eigenvalue weighted by Crippen LogP contribution is 2.31. The van der Waals surface area contributed by atoms with E-state index in [1.165, 1.54) is 22.3 Å². The molecule has 0 N–H and O–H groups in total. The quantitative estimate of drug-likeness (QED) is 0.691. The van der Waals surface area contributed by atoms with Crippen molar-refractivity contribution in [1.82, 2.24) is 9.47 Å². The van der Waals surface area contributed by atoms with Gasteiger partial charge in [0.25, 0.3) is 0 Å². The van der Waals surface area contributed by atoms with Crippen molar-refractivity contribution >= 4 is 10.9 Å². The van der Waals surface area contributed by atoms with Gasteiger partial charge in [-0.25, -0.2) is 4.39 Å². The van der Waals surface area contributed by atoms with Gasteiger partial charge in [0.15, 0.2) is 0 Å². The van der Waals surface area contributed by atoms with E-state index >= 15 is 0 Å². The van der Waals surface area contributed by atoms with Crippen LogP contribution in [-0.2, 0) is 25.9 Å². The van der Waals surface area contributed by atoms with Crippen molar-refractivity contribution in [1.29, 1.82) is 0 Å². The summed E-state index contributed by atoms with van der Waals surface area (Å²) in [6, 6.07) is 15.9. The number of benzene rings is 2. The van der Waals surface area contributed by atoms with Crippen LogP contribution in [0.1, 0.15) is 23.2 Å². The Bertz CT molecular complexity index is 851. The summed E-state index contributed by atoms with van der Waals surface area (Å²) in [6.45, 7) is 2.99. The fraction of sp³-hybridized carbons (Fsp3) is 0.333. The molecule has 2 nitrogen and oxygen atoms in total. The first-order chi connectivity index (χ1) is 11.7. The van der Waals surface area contributed by atoms with Gasteiger partial charge in [0.05, 0.1) is 0 Å². The third-order valence-electron chi connectivity index (χ3n) is 5.10. The van der Waals surface area contributed by atoms with Crippen LogP contribution in [0.15, 0.2) is 48.5 Å². The highest BCUT2D eigenvalue weighted by molar-refractivity contribution is 5.86. The fourth-order valence-corrected chi connectivity index (χ4v) is 3.90. The standard InChI is InChI=1S/C21H23FN2/c1-23-13-11-21-19(15-23)18-14-17(22)9-10-20(18)24(21)12-5-8-16-6-3-2-4-7-16/h2-4,6-7,9-10,14H,5,8,11-13,15H2,1H3. The summed E-state index contributed by atoms with van der Waals surface area (Å²) in [5.41, 5.74) is 5.29. The van der Waals surface area contributed by atoms with Gasteiger partial charge in [0.1, 0.15) is 5.82 Å². The maximum absolute atomic E-state index is 13.8. The first-order valence-electron chi connectivity index (χ1n) is 8.74. The highest BCUT2D eigenvalue weighted by Gasteiger charge is 2.22. The third kappa shape index (κ3) is 2.84. The van der Waals surface area contributed by atoms with E-state index in [2.05, 4.69) is 46.8 Å². The fourth-order valence-electron chi connectivity index (χ4n) is 3.90. The van der Waals surface area contributed by atoms with E-state index in [9.17, 15) is 4.39 Å². The maximum atomic E-state index is 13.8. The van der Waals surface area contributed by atoms with Crippen LogP contribution in [0.4, 0.5) is 4.39 Å². The number of fused-ring (bicyclic) bond motifs is 3. The minimum atomic E-state index is -0.139. The number of halogens is 1. The van der Waals surface area contributed by atoms with Crippen molar-refractivity contribution in [2.75, 3.05) is 13.6 Å². The average Bonchev–Trinajstić information content (AvgIpc) is 2.89. The van der Waals surface area contributed by atoms with Crippen LogP contribution >= 0.6 is 0 Å². The molecule has 0 saturated heterocycles. The van der Waals surface area contributed by atoms with Crippen molar-refractivity contribution < 1.29 is 4.39 Å². The van der Waals surface area contributed by atoms with E-state index in [4.69, 9.17) is 0 Å². The molecule has 0 amide bonds. The molecule has 0 aliphatic carbocycles. The molecule has 0 bridgehead atoms. The molecule has 0 radical (unpaired) electrons. The zero-order valence-corrected chi connectivity index (χ0v) is 14.1. The summed E-state index contributed by atoms with van der Waals surface area (Å²) >= 11 is 0. The lowest BCUT2D eigenvalue weighted by molar-refractivity contribution is 0.309. The molecule has 1 aliphatic rings. The minimum Gasteiger partial charge on any atom is -0.344 e. The van der Waals surface area contributed by atoms with Crippen LogP contribution in [-0.4, -0.2) is 23.1 Å². The predicted molar refractivity (Wildman–Crippen MR) is 96.7 cm³/mol. The Morgan fingerprint density at radius 1 is 1.08 bits per heavy atom. The van der Waals surface area contributed by atoms with Crippen LogP contribution in [0.2, 0.25) is 0 Å². The molecular formula is C21H23FN2. The van der Waals surface area contributed by atoms with Gasteiger partial charge in [-0.05, 0) is 49.2 Å². The van der Waals surface area contributed by atoms with Gasteiger partial charge < -0.3 is 9.47 Å². The zero-order chi connectivity index (χ0) is 16.5. The molecule has 2 heterocycles. The van der Waals surface area contributed by atoms with E-state index in [0.29, 0.717) is 0 Å². The minimum absolute atomic E-state index is 0.139. The second kappa shape index (κ2) is 6.40. The van der Waals surface area contributed by atoms with Crippen LogP contribution in [0, 0.1) is 5.82 Å². The van der Waals surface area contributed by atoms with Crippen LogP contribution in [0.5, 0.6) is 0 Å². The first kappa shape index (κ1) is 15.4. The third-order valence-corrected chi connectivity index (χ3v) is 5.10. The second-order valence-electron chi connectivity index (χ2n) is 6.82. The average molecular weight is 322 g/mol. The van der Waals surface area contributed by atoms with E-state index in [1.54, 1.807) is 12.1 Å². The van der Waals surface area contributed by atoms with Crippen molar-refractivity contribution in [2.45, 2.75) is 32.4 Å². The molecule has 24 heavy (non-hydrogen) atoms. The molecule has 1 aromatic heterocycles. The number of likely N-dealkylation sites (N-methyl/N-ethyl adjacent to an activating group) is 1. The number of aryl methyl sites for hydroxylation is 2. The SMILES string of the molecule is CN1CCc2c(c3cc(F)ccc3n2CCCc2ccccc2)C1. The lowest BCUT2D eigenvalue weighted by atomic mass is 10.0. The highest BCUT2D eigenvalue weighted by atomic mass is 19.1.